The first-order valence-electron chi connectivity index (χ1n) is 4.94. The van der Waals surface area contributed by atoms with Gasteiger partial charge in [0, 0.05) is 30.1 Å². The van der Waals surface area contributed by atoms with E-state index in [1.54, 1.807) is 0 Å². The van der Waals surface area contributed by atoms with Gasteiger partial charge in [0.1, 0.15) is 0 Å². The summed E-state index contributed by atoms with van der Waals surface area (Å²) in [7, 11) is 2.01. The minimum atomic E-state index is 0.538. The predicted molar refractivity (Wildman–Crippen MR) is 59.9 cm³/mol. The standard InChI is InChI=1S/C11H15ClN2/c1-13-11-7-14-6-10(11)8-2-4-9(12)5-3-8/h2-5,10-11,13-14H,6-7H2,1H3/t10-,11+/m1/s1. The zero-order chi connectivity index (χ0) is 9.97. The Morgan fingerprint density at radius 2 is 2.00 bits per heavy atom. The van der Waals surface area contributed by atoms with Crippen molar-refractivity contribution in [2.24, 2.45) is 0 Å². The van der Waals surface area contributed by atoms with Crippen molar-refractivity contribution in [1.29, 1.82) is 0 Å². The molecule has 76 valence electrons. The first-order chi connectivity index (χ1) is 6.81. The van der Waals surface area contributed by atoms with Gasteiger partial charge >= 0.3 is 0 Å². The third-order valence-electron chi connectivity index (χ3n) is 2.88. The molecule has 1 aliphatic rings. The Labute approximate surface area is 89.7 Å². The van der Waals surface area contributed by atoms with Crippen molar-refractivity contribution in [2.75, 3.05) is 20.1 Å². The molecule has 0 unspecified atom stereocenters. The average Bonchev–Trinajstić information content (AvgIpc) is 2.67. The van der Waals surface area contributed by atoms with E-state index in [1.807, 2.05) is 19.2 Å². The Hall–Kier alpha value is -0.570. The second-order valence-electron chi connectivity index (χ2n) is 3.71. The van der Waals surface area contributed by atoms with Gasteiger partial charge in [-0.15, -0.1) is 0 Å². The zero-order valence-corrected chi connectivity index (χ0v) is 9.01. The maximum absolute atomic E-state index is 5.86. The van der Waals surface area contributed by atoms with Gasteiger partial charge < -0.3 is 10.6 Å². The lowest BCUT2D eigenvalue weighted by Crippen LogP contribution is -2.31. The van der Waals surface area contributed by atoms with Crippen LogP contribution in [0.4, 0.5) is 0 Å². The molecule has 0 amide bonds. The van der Waals surface area contributed by atoms with E-state index in [0.717, 1.165) is 18.1 Å². The molecule has 0 saturated carbocycles. The largest absolute Gasteiger partial charge is 0.315 e. The normalized spacial score (nSPS) is 26.7. The van der Waals surface area contributed by atoms with Gasteiger partial charge in [0.25, 0.3) is 0 Å². The molecule has 1 heterocycles. The van der Waals surface area contributed by atoms with Crippen LogP contribution in [0.5, 0.6) is 0 Å². The average molecular weight is 211 g/mol. The Bertz CT molecular complexity index is 297. The van der Waals surface area contributed by atoms with Crippen LogP contribution in [0, 0.1) is 0 Å². The monoisotopic (exact) mass is 210 g/mol. The predicted octanol–water partition coefficient (Wildman–Crippen LogP) is 1.61. The number of hydrogen-bond acceptors (Lipinski definition) is 2. The van der Waals surface area contributed by atoms with E-state index in [0.29, 0.717) is 12.0 Å². The smallest absolute Gasteiger partial charge is 0.0406 e. The van der Waals surface area contributed by atoms with Crippen LogP contribution < -0.4 is 10.6 Å². The van der Waals surface area contributed by atoms with Gasteiger partial charge in [0.15, 0.2) is 0 Å². The lowest BCUT2D eigenvalue weighted by atomic mass is 9.94. The van der Waals surface area contributed by atoms with Crippen molar-refractivity contribution in [3.63, 3.8) is 0 Å². The van der Waals surface area contributed by atoms with Crippen LogP contribution in [-0.2, 0) is 0 Å². The first-order valence-corrected chi connectivity index (χ1v) is 5.32. The summed E-state index contributed by atoms with van der Waals surface area (Å²) in [5.41, 5.74) is 1.36. The van der Waals surface area contributed by atoms with E-state index in [4.69, 9.17) is 11.6 Å². The number of likely N-dealkylation sites (N-methyl/N-ethyl adjacent to an activating group) is 1. The summed E-state index contributed by atoms with van der Waals surface area (Å²) >= 11 is 5.86. The third kappa shape index (κ3) is 1.92. The molecular formula is C11H15ClN2. The third-order valence-corrected chi connectivity index (χ3v) is 3.14. The quantitative estimate of drug-likeness (QED) is 0.775. The fraction of sp³-hybridized carbons (Fsp3) is 0.455. The summed E-state index contributed by atoms with van der Waals surface area (Å²) in [6, 6.07) is 8.69. The van der Waals surface area contributed by atoms with E-state index in [-0.39, 0.29) is 0 Å². The lowest BCUT2D eigenvalue weighted by Gasteiger charge is -2.17. The Morgan fingerprint density at radius 1 is 1.29 bits per heavy atom. The Morgan fingerprint density at radius 3 is 2.64 bits per heavy atom. The van der Waals surface area contributed by atoms with E-state index in [1.165, 1.54) is 5.56 Å². The number of hydrogen-bond donors (Lipinski definition) is 2. The van der Waals surface area contributed by atoms with Crippen LogP contribution in [0.1, 0.15) is 11.5 Å². The SMILES string of the molecule is CN[C@H]1CNC[C@@H]1c1ccc(Cl)cc1. The van der Waals surface area contributed by atoms with Gasteiger partial charge in [-0.1, -0.05) is 23.7 Å². The van der Waals surface area contributed by atoms with Crippen LogP contribution in [-0.4, -0.2) is 26.2 Å². The van der Waals surface area contributed by atoms with E-state index >= 15 is 0 Å². The topological polar surface area (TPSA) is 24.1 Å². The molecule has 2 N–H and O–H groups in total. The number of benzene rings is 1. The van der Waals surface area contributed by atoms with Crippen molar-refractivity contribution in [3.05, 3.63) is 34.9 Å². The minimum absolute atomic E-state index is 0.538. The molecule has 0 aliphatic carbocycles. The molecule has 1 fully saturated rings. The first kappa shape index (κ1) is 9.97. The number of halogens is 1. The number of rotatable bonds is 2. The second-order valence-corrected chi connectivity index (χ2v) is 4.15. The van der Waals surface area contributed by atoms with Gasteiger partial charge in [-0.25, -0.2) is 0 Å². The zero-order valence-electron chi connectivity index (χ0n) is 8.26. The van der Waals surface area contributed by atoms with Crippen LogP contribution >= 0.6 is 11.6 Å². The molecule has 0 aromatic heterocycles. The molecular weight excluding hydrogens is 196 g/mol. The molecule has 2 atom stereocenters. The highest BCUT2D eigenvalue weighted by Crippen LogP contribution is 2.23. The highest BCUT2D eigenvalue weighted by Gasteiger charge is 2.26. The summed E-state index contributed by atoms with van der Waals surface area (Å²) < 4.78 is 0. The lowest BCUT2D eigenvalue weighted by molar-refractivity contribution is 0.553. The van der Waals surface area contributed by atoms with Crippen molar-refractivity contribution >= 4 is 11.6 Å². The number of nitrogens with one attached hydrogen (secondary N) is 2. The fourth-order valence-electron chi connectivity index (χ4n) is 2.04. The van der Waals surface area contributed by atoms with Gasteiger partial charge in [0.2, 0.25) is 0 Å². The van der Waals surface area contributed by atoms with E-state index in [2.05, 4.69) is 22.8 Å². The molecule has 1 aromatic rings. The summed E-state index contributed by atoms with van der Waals surface area (Å²) in [6.07, 6.45) is 0. The van der Waals surface area contributed by atoms with Crippen LogP contribution in [0.2, 0.25) is 5.02 Å². The summed E-state index contributed by atoms with van der Waals surface area (Å²) in [5, 5.41) is 7.53. The Kier molecular flexibility index (Phi) is 3.06. The molecule has 1 aliphatic heterocycles. The maximum atomic E-state index is 5.86. The van der Waals surface area contributed by atoms with Crippen LogP contribution in [0.25, 0.3) is 0 Å². The van der Waals surface area contributed by atoms with E-state index in [9.17, 15) is 0 Å². The molecule has 0 bridgehead atoms. The van der Waals surface area contributed by atoms with Crippen molar-refractivity contribution < 1.29 is 0 Å². The molecule has 0 radical (unpaired) electrons. The summed E-state index contributed by atoms with van der Waals surface area (Å²) in [5.74, 6) is 0.567. The summed E-state index contributed by atoms with van der Waals surface area (Å²) in [4.78, 5) is 0. The molecule has 1 saturated heterocycles. The van der Waals surface area contributed by atoms with Crippen LogP contribution in [0.3, 0.4) is 0 Å². The van der Waals surface area contributed by atoms with Crippen molar-refractivity contribution in [2.45, 2.75) is 12.0 Å². The molecule has 3 heteroatoms. The maximum Gasteiger partial charge on any atom is 0.0406 e. The van der Waals surface area contributed by atoms with Crippen molar-refractivity contribution in [1.82, 2.24) is 10.6 Å². The van der Waals surface area contributed by atoms with Gasteiger partial charge in [0.05, 0.1) is 0 Å². The van der Waals surface area contributed by atoms with Gasteiger partial charge in [-0.05, 0) is 24.7 Å². The molecule has 0 spiro atoms. The Balaban J connectivity index is 2.17. The second kappa shape index (κ2) is 4.30. The van der Waals surface area contributed by atoms with Gasteiger partial charge in [-0.3, -0.25) is 0 Å². The fourth-order valence-corrected chi connectivity index (χ4v) is 2.17. The molecule has 1 aromatic carbocycles. The highest BCUT2D eigenvalue weighted by atomic mass is 35.5. The van der Waals surface area contributed by atoms with Crippen molar-refractivity contribution in [3.8, 4) is 0 Å². The highest BCUT2D eigenvalue weighted by molar-refractivity contribution is 6.30. The minimum Gasteiger partial charge on any atom is -0.315 e. The molecule has 2 nitrogen and oxygen atoms in total. The summed E-state index contributed by atoms with van der Waals surface area (Å²) in [6.45, 7) is 2.09. The molecule has 14 heavy (non-hydrogen) atoms. The van der Waals surface area contributed by atoms with E-state index < -0.39 is 0 Å². The molecule has 2 rings (SSSR count). The van der Waals surface area contributed by atoms with Gasteiger partial charge in [-0.2, -0.15) is 0 Å². The van der Waals surface area contributed by atoms with Crippen LogP contribution in [0.15, 0.2) is 24.3 Å².